The molecular formula is C10H7Cl2N5S. The Bertz CT molecular complexity index is 720. The van der Waals surface area contributed by atoms with Crippen LogP contribution in [0.25, 0.3) is 16.7 Å². The van der Waals surface area contributed by atoms with E-state index in [0.717, 1.165) is 23.1 Å². The number of hydrogen-bond donors (Lipinski definition) is 0. The van der Waals surface area contributed by atoms with E-state index in [4.69, 9.17) is 23.2 Å². The van der Waals surface area contributed by atoms with Crippen LogP contribution in [0.3, 0.4) is 0 Å². The molecule has 2 aromatic heterocycles. The highest BCUT2D eigenvalue weighted by Crippen LogP contribution is 2.31. The quantitative estimate of drug-likeness (QED) is 0.729. The first kappa shape index (κ1) is 11.8. The number of rotatable bonds is 2. The summed E-state index contributed by atoms with van der Waals surface area (Å²) in [5.74, 6) is 0.738. The summed E-state index contributed by atoms with van der Waals surface area (Å²) in [5, 5.41) is 8.71. The van der Waals surface area contributed by atoms with Crippen LogP contribution >= 0.6 is 34.9 Å². The largest absolute Gasteiger partial charge is 0.266 e. The van der Waals surface area contributed by atoms with Gasteiger partial charge in [0, 0.05) is 6.42 Å². The molecule has 0 aliphatic heterocycles. The molecule has 1 aromatic carbocycles. The van der Waals surface area contributed by atoms with E-state index in [1.807, 2.05) is 13.0 Å². The number of fused-ring (bicyclic) bond motifs is 1. The highest BCUT2D eigenvalue weighted by atomic mass is 35.5. The maximum absolute atomic E-state index is 6.25. The van der Waals surface area contributed by atoms with Crippen LogP contribution in [0.4, 0.5) is 0 Å². The van der Waals surface area contributed by atoms with Crippen molar-refractivity contribution >= 4 is 46.0 Å². The van der Waals surface area contributed by atoms with Crippen LogP contribution in [-0.4, -0.2) is 23.5 Å². The molecule has 0 atom stereocenters. The van der Waals surface area contributed by atoms with Gasteiger partial charge in [0.2, 0.25) is 5.28 Å². The molecule has 0 bridgehead atoms. The van der Waals surface area contributed by atoms with Crippen molar-refractivity contribution in [3.63, 3.8) is 0 Å². The van der Waals surface area contributed by atoms with Crippen molar-refractivity contribution in [1.82, 2.24) is 23.5 Å². The SMILES string of the molecule is CCc1nnc(Cl)n1-c1c(Cl)ccc2nsnc12. The summed E-state index contributed by atoms with van der Waals surface area (Å²) in [4.78, 5) is 0. The fraction of sp³-hybridized carbons (Fsp3) is 0.200. The average molecular weight is 300 g/mol. The van der Waals surface area contributed by atoms with Gasteiger partial charge in [0.25, 0.3) is 0 Å². The Kier molecular flexibility index (Phi) is 2.93. The van der Waals surface area contributed by atoms with E-state index in [-0.39, 0.29) is 5.28 Å². The lowest BCUT2D eigenvalue weighted by atomic mass is 10.2. The summed E-state index contributed by atoms with van der Waals surface area (Å²) in [7, 11) is 0. The molecule has 3 aromatic rings. The lowest BCUT2D eigenvalue weighted by Crippen LogP contribution is -2.02. The fourth-order valence-corrected chi connectivity index (χ4v) is 2.77. The van der Waals surface area contributed by atoms with E-state index in [0.29, 0.717) is 22.6 Å². The molecule has 0 saturated carbocycles. The van der Waals surface area contributed by atoms with Gasteiger partial charge in [-0.15, -0.1) is 10.2 Å². The summed E-state index contributed by atoms with van der Waals surface area (Å²) < 4.78 is 10.2. The first-order valence-corrected chi connectivity index (χ1v) is 6.72. The van der Waals surface area contributed by atoms with Gasteiger partial charge in [-0.2, -0.15) is 8.75 Å². The van der Waals surface area contributed by atoms with Crippen LogP contribution in [0, 0.1) is 0 Å². The van der Waals surface area contributed by atoms with E-state index in [2.05, 4.69) is 18.9 Å². The zero-order valence-corrected chi connectivity index (χ0v) is 11.6. The minimum absolute atomic E-state index is 0.272. The lowest BCUT2D eigenvalue weighted by Gasteiger charge is -2.08. The third-order valence-corrected chi connectivity index (χ3v) is 3.67. The zero-order valence-electron chi connectivity index (χ0n) is 9.26. The predicted octanol–water partition coefficient (Wildman–Crippen LogP) is 3.14. The van der Waals surface area contributed by atoms with E-state index in [1.165, 1.54) is 0 Å². The summed E-state index contributed by atoms with van der Waals surface area (Å²) in [6, 6.07) is 3.60. The van der Waals surface area contributed by atoms with Gasteiger partial charge in [-0.05, 0) is 23.7 Å². The van der Waals surface area contributed by atoms with E-state index in [1.54, 1.807) is 10.6 Å². The van der Waals surface area contributed by atoms with Crippen molar-refractivity contribution in [3.05, 3.63) is 28.3 Å². The van der Waals surface area contributed by atoms with Crippen molar-refractivity contribution in [2.45, 2.75) is 13.3 Å². The molecule has 0 radical (unpaired) electrons. The van der Waals surface area contributed by atoms with Crippen molar-refractivity contribution in [1.29, 1.82) is 0 Å². The van der Waals surface area contributed by atoms with Gasteiger partial charge in [0.1, 0.15) is 16.9 Å². The minimum Gasteiger partial charge on any atom is -0.266 e. The Labute approximate surface area is 117 Å². The number of hydrogen-bond acceptors (Lipinski definition) is 5. The van der Waals surface area contributed by atoms with E-state index in [9.17, 15) is 0 Å². The maximum atomic E-state index is 6.25. The summed E-state index contributed by atoms with van der Waals surface area (Å²) in [6.45, 7) is 1.98. The molecule has 18 heavy (non-hydrogen) atoms. The summed E-state index contributed by atoms with van der Waals surface area (Å²) in [5.41, 5.74) is 2.19. The van der Waals surface area contributed by atoms with Gasteiger partial charge < -0.3 is 0 Å². The molecule has 0 unspecified atom stereocenters. The van der Waals surface area contributed by atoms with Crippen LogP contribution in [0.5, 0.6) is 0 Å². The number of halogens is 2. The maximum Gasteiger partial charge on any atom is 0.229 e. The number of aromatic nitrogens is 5. The smallest absolute Gasteiger partial charge is 0.229 e. The normalized spacial score (nSPS) is 11.3. The van der Waals surface area contributed by atoms with Crippen LogP contribution in [-0.2, 0) is 6.42 Å². The van der Waals surface area contributed by atoms with Crippen LogP contribution in [0.2, 0.25) is 10.3 Å². The van der Waals surface area contributed by atoms with Crippen molar-refractivity contribution < 1.29 is 0 Å². The van der Waals surface area contributed by atoms with Crippen LogP contribution in [0.15, 0.2) is 12.1 Å². The molecule has 0 aliphatic carbocycles. The standard InChI is InChI=1S/C10H7Cl2N5S/c1-2-7-13-14-10(12)17(7)9-5(11)3-4-6-8(9)16-18-15-6/h3-4H,2H2,1H3. The second-order valence-electron chi connectivity index (χ2n) is 3.60. The van der Waals surface area contributed by atoms with Crippen LogP contribution in [0.1, 0.15) is 12.7 Å². The Morgan fingerprint density at radius 2 is 2.06 bits per heavy atom. The van der Waals surface area contributed by atoms with Gasteiger partial charge in [-0.3, -0.25) is 4.57 Å². The molecule has 3 rings (SSSR count). The molecule has 0 spiro atoms. The monoisotopic (exact) mass is 299 g/mol. The number of aryl methyl sites for hydroxylation is 1. The van der Waals surface area contributed by atoms with Gasteiger partial charge >= 0.3 is 0 Å². The second kappa shape index (κ2) is 4.46. The second-order valence-corrected chi connectivity index (χ2v) is 4.88. The van der Waals surface area contributed by atoms with Crippen molar-refractivity contribution in [3.8, 4) is 5.69 Å². The van der Waals surface area contributed by atoms with Crippen molar-refractivity contribution in [2.75, 3.05) is 0 Å². The van der Waals surface area contributed by atoms with Crippen molar-refractivity contribution in [2.24, 2.45) is 0 Å². The topological polar surface area (TPSA) is 56.5 Å². The van der Waals surface area contributed by atoms with Gasteiger partial charge in [0.15, 0.2) is 0 Å². The zero-order chi connectivity index (χ0) is 12.7. The van der Waals surface area contributed by atoms with E-state index < -0.39 is 0 Å². The third-order valence-electron chi connectivity index (χ3n) is 2.58. The number of benzene rings is 1. The molecule has 5 nitrogen and oxygen atoms in total. The van der Waals surface area contributed by atoms with Gasteiger partial charge in [-0.25, -0.2) is 0 Å². The van der Waals surface area contributed by atoms with Gasteiger partial charge in [0.05, 0.1) is 22.4 Å². The highest BCUT2D eigenvalue weighted by molar-refractivity contribution is 7.00. The summed E-state index contributed by atoms with van der Waals surface area (Å²) in [6.07, 6.45) is 0.698. The summed E-state index contributed by atoms with van der Waals surface area (Å²) >= 11 is 13.5. The highest BCUT2D eigenvalue weighted by Gasteiger charge is 2.18. The Balaban J connectivity index is 2.40. The molecule has 8 heteroatoms. The van der Waals surface area contributed by atoms with Crippen LogP contribution < -0.4 is 0 Å². The first-order chi connectivity index (χ1) is 8.72. The molecule has 0 aliphatic rings. The van der Waals surface area contributed by atoms with Gasteiger partial charge in [-0.1, -0.05) is 18.5 Å². The number of nitrogens with zero attached hydrogens (tertiary/aromatic N) is 5. The molecule has 92 valence electrons. The Morgan fingerprint density at radius 1 is 1.22 bits per heavy atom. The van der Waals surface area contributed by atoms with E-state index >= 15 is 0 Å². The molecule has 2 heterocycles. The molecule has 0 amide bonds. The average Bonchev–Trinajstić information content (AvgIpc) is 2.96. The Morgan fingerprint density at radius 3 is 2.83 bits per heavy atom. The lowest BCUT2D eigenvalue weighted by molar-refractivity contribution is 0.886. The predicted molar refractivity (Wildman–Crippen MR) is 71.7 cm³/mol. The molecule has 0 N–H and O–H groups in total. The third kappa shape index (κ3) is 1.68. The molecular weight excluding hydrogens is 293 g/mol. The minimum atomic E-state index is 0.272. The fourth-order valence-electron chi connectivity index (χ4n) is 1.77. The molecule has 0 saturated heterocycles. The molecule has 0 fully saturated rings. The first-order valence-electron chi connectivity index (χ1n) is 5.23. The Hall–Kier alpha value is -1.24.